The number of imidazole rings is 1. The van der Waals surface area contributed by atoms with Crippen molar-refractivity contribution < 1.29 is 9.90 Å². The number of phenols is 1. The van der Waals surface area contributed by atoms with Gasteiger partial charge in [-0.15, -0.1) is 5.92 Å². The zero-order valence-electron chi connectivity index (χ0n) is 21.3. The van der Waals surface area contributed by atoms with Crippen LogP contribution in [0, 0.1) is 23.7 Å². The fraction of sp³-hybridized carbons (Fsp3) is 0.400. The van der Waals surface area contributed by atoms with Gasteiger partial charge in [0.05, 0.1) is 23.3 Å². The third-order valence-electron chi connectivity index (χ3n) is 7.24. The lowest BCUT2D eigenvalue weighted by atomic mass is 9.80. The highest BCUT2D eigenvalue weighted by Gasteiger charge is 2.29. The molecule has 0 spiro atoms. The number of hydrogen-bond donors (Lipinski definition) is 2. The minimum atomic E-state index is -0.376. The molecule has 5 nitrogen and oxygen atoms in total. The van der Waals surface area contributed by atoms with Crippen LogP contribution in [0.1, 0.15) is 63.4 Å². The number of amides is 1. The number of phenolic OH excluding ortho intramolecular Hbond substituents is 1. The van der Waals surface area contributed by atoms with Crippen molar-refractivity contribution in [2.24, 2.45) is 11.8 Å². The molecule has 0 radical (unpaired) electrons. The van der Waals surface area contributed by atoms with Gasteiger partial charge in [-0.05, 0) is 80.8 Å². The van der Waals surface area contributed by atoms with Gasteiger partial charge in [0.25, 0.3) is 0 Å². The Morgan fingerprint density at radius 2 is 1.89 bits per heavy atom. The summed E-state index contributed by atoms with van der Waals surface area (Å²) in [5.74, 6) is 7.79. The van der Waals surface area contributed by atoms with E-state index in [-0.39, 0.29) is 23.6 Å². The zero-order chi connectivity index (χ0) is 26.4. The summed E-state index contributed by atoms with van der Waals surface area (Å²) in [5.41, 5.74) is 2.45. The molecule has 1 fully saturated rings. The molecule has 1 amide bonds. The first-order chi connectivity index (χ1) is 17.9. The highest BCUT2D eigenvalue weighted by molar-refractivity contribution is 6.36. The summed E-state index contributed by atoms with van der Waals surface area (Å²) in [5, 5.41) is 14.1. The average molecular weight is 539 g/mol. The molecule has 4 rings (SSSR count). The summed E-state index contributed by atoms with van der Waals surface area (Å²) in [4.78, 5) is 18.4. The second kappa shape index (κ2) is 12.5. The summed E-state index contributed by atoms with van der Waals surface area (Å²) in [6, 6.07) is 12.0. The number of halogens is 2. The normalized spacial score (nSPS) is 18.1. The van der Waals surface area contributed by atoms with E-state index in [2.05, 4.69) is 24.1 Å². The van der Waals surface area contributed by atoms with Gasteiger partial charge in [-0.2, -0.15) is 0 Å². The Bertz CT molecular complexity index is 1280. The quantitative estimate of drug-likeness (QED) is 0.298. The van der Waals surface area contributed by atoms with Crippen LogP contribution < -0.4 is 5.32 Å². The van der Waals surface area contributed by atoms with Gasteiger partial charge in [0.2, 0.25) is 5.91 Å². The van der Waals surface area contributed by atoms with E-state index in [0.29, 0.717) is 34.5 Å². The van der Waals surface area contributed by atoms with Crippen molar-refractivity contribution in [2.45, 2.75) is 65.0 Å². The Morgan fingerprint density at radius 3 is 2.54 bits per heavy atom. The lowest BCUT2D eigenvalue weighted by Gasteiger charge is -2.29. The van der Waals surface area contributed by atoms with Crippen molar-refractivity contribution in [2.75, 3.05) is 0 Å². The van der Waals surface area contributed by atoms with Gasteiger partial charge < -0.3 is 15.0 Å². The van der Waals surface area contributed by atoms with Crippen LogP contribution in [0.4, 0.5) is 0 Å². The molecule has 0 unspecified atom stereocenters. The monoisotopic (exact) mass is 537 g/mol. The van der Waals surface area contributed by atoms with E-state index in [9.17, 15) is 9.90 Å². The second-order valence-electron chi connectivity index (χ2n) is 9.72. The van der Waals surface area contributed by atoms with Gasteiger partial charge in [0, 0.05) is 22.7 Å². The lowest BCUT2D eigenvalue weighted by Crippen LogP contribution is -2.37. The number of hydrogen-bond acceptors (Lipinski definition) is 3. The van der Waals surface area contributed by atoms with Crippen LogP contribution in [-0.2, 0) is 17.8 Å². The van der Waals surface area contributed by atoms with Gasteiger partial charge >= 0.3 is 0 Å². The molecule has 2 N–H and O–H groups in total. The van der Waals surface area contributed by atoms with E-state index >= 15 is 0 Å². The van der Waals surface area contributed by atoms with Crippen molar-refractivity contribution >= 4 is 29.1 Å². The maximum atomic E-state index is 13.5. The van der Waals surface area contributed by atoms with E-state index in [0.717, 1.165) is 42.7 Å². The Morgan fingerprint density at radius 1 is 1.16 bits per heavy atom. The van der Waals surface area contributed by atoms with Crippen molar-refractivity contribution in [3.8, 4) is 28.8 Å². The van der Waals surface area contributed by atoms with Crippen molar-refractivity contribution in [1.29, 1.82) is 0 Å². The van der Waals surface area contributed by atoms with Crippen molar-refractivity contribution in [1.82, 2.24) is 14.9 Å². The maximum Gasteiger partial charge on any atom is 0.223 e. The number of nitrogens with zero attached hydrogens (tertiary/aromatic N) is 2. The molecule has 1 aliphatic carbocycles. The third-order valence-corrected chi connectivity index (χ3v) is 7.79. The van der Waals surface area contributed by atoms with Gasteiger partial charge in [-0.3, -0.25) is 4.79 Å². The van der Waals surface area contributed by atoms with Crippen LogP contribution >= 0.6 is 23.2 Å². The number of carbonyl (C=O) groups is 1. The minimum absolute atomic E-state index is 0.00847. The van der Waals surface area contributed by atoms with Crippen molar-refractivity contribution in [3.05, 3.63) is 70.1 Å². The standard InChI is InChI=1S/C30H33Cl2N3O2/c1-3-5-16-35-19-28(25-15-12-23(31)18-26(25)32)33-29(35)27(17-21-8-13-24(36)14-9-21)34-30(37)22-10-6-20(4-2)7-11-22/h8-9,12-15,18-20,22,27,36H,4,6-7,10-11,16-17H2,1-2H3,(H,34,37)/t20?,22?,27-/m0/s1. The molecule has 1 saturated carbocycles. The van der Waals surface area contributed by atoms with Gasteiger partial charge in [0.15, 0.2) is 0 Å². The fourth-order valence-electron chi connectivity index (χ4n) is 5.02. The molecule has 194 valence electrons. The van der Waals surface area contributed by atoms with E-state index in [1.54, 1.807) is 31.2 Å². The molecule has 1 aliphatic rings. The summed E-state index contributed by atoms with van der Waals surface area (Å²) in [6.07, 6.45) is 7.64. The Labute approximate surface area is 229 Å². The van der Waals surface area contributed by atoms with Crippen LogP contribution in [0.5, 0.6) is 5.75 Å². The molecule has 0 aliphatic heterocycles. The first kappa shape index (κ1) is 27.1. The van der Waals surface area contributed by atoms with Gasteiger partial charge in [-0.1, -0.05) is 54.6 Å². The SMILES string of the molecule is CC#CCn1cc(-c2ccc(Cl)cc2Cl)nc1[C@H](Cc1ccc(O)cc1)NC(=O)C1CCC(CC)CC1. The summed E-state index contributed by atoms with van der Waals surface area (Å²) < 4.78 is 1.98. The van der Waals surface area contributed by atoms with E-state index in [4.69, 9.17) is 28.2 Å². The third kappa shape index (κ3) is 6.89. The molecule has 7 heteroatoms. The number of carbonyl (C=O) groups excluding carboxylic acids is 1. The number of rotatable bonds is 8. The molecule has 37 heavy (non-hydrogen) atoms. The van der Waals surface area contributed by atoms with E-state index in [1.807, 2.05) is 29.0 Å². The Balaban J connectivity index is 1.69. The first-order valence-electron chi connectivity index (χ1n) is 12.9. The lowest BCUT2D eigenvalue weighted by molar-refractivity contribution is -0.127. The molecule has 3 aromatic rings. The van der Waals surface area contributed by atoms with Gasteiger partial charge in [0.1, 0.15) is 11.6 Å². The molecule has 0 saturated heterocycles. The molecular formula is C30H33Cl2N3O2. The molecule has 0 bridgehead atoms. The largest absolute Gasteiger partial charge is 0.508 e. The Hall–Kier alpha value is -2.94. The molecule has 2 aromatic carbocycles. The highest BCUT2D eigenvalue weighted by atomic mass is 35.5. The molecule has 1 heterocycles. The highest BCUT2D eigenvalue weighted by Crippen LogP contribution is 2.33. The number of nitrogens with one attached hydrogen (secondary N) is 1. The zero-order valence-corrected chi connectivity index (χ0v) is 22.8. The van der Waals surface area contributed by atoms with Gasteiger partial charge in [-0.25, -0.2) is 4.98 Å². The van der Waals surface area contributed by atoms with Crippen LogP contribution in [0.3, 0.4) is 0 Å². The van der Waals surface area contributed by atoms with Crippen molar-refractivity contribution in [3.63, 3.8) is 0 Å². The fourth-order valence-corrected chi connectivity index (χ4v) is 5.53. The maximum absolute atomic E-state index is 13.5. The second-order valence-corrected chi connectivity index (χ2v) is 10.6. The summed E-state index contributed by atoms with van der Waals surface area (Å²) in [7, 11) is 0. The smallest absolute Gasteiger partial charge is 0.223 e. The predicted molar refractivity (Wildman–Crippen MR) is 150 cm³/mol. The summed E-state index contributed by atoms with van der Waals surface area (Å²) >= 11 is 12.6. The topological polar surface area (TPSA) is 67.2 Å². The average Bonchev–Trinajstić information content (AvgIpc) is 3.32. The minimum Gasteiger partial charge on any atom is -0.508 e. The predicted octanol–water partition coefficient (Wildman–Crippen LogP) is 7.20. The van der Waals surface area contributed by atoms with Crippen LogP contribution in [0.2, 0.25) is 10.0 Å². The van der Waals surface area contributed by atoms with Crippen LogP contribution in [-0.4, -0.2) is 20.6 Å². The van der Waals surface area contributed by atoms with E-state index in [1.165, 1.54) is 6.42 Å². The van der Waals surface area contributed by atoms with Crippen LogP contribution in [0.15, 0.2) is 48.7 Å². The van der Waals surface area contributed by atoms with Crippen LogP contribution in [0.25, 0.3) is 11.3 Å². The molecular weight excluding hydrogens is 505 g/mol. The molecule has 1 atom stereocenters. The van der Waals surface area contributed by atoms with E-state index < -0.39 is 0 Å². The summed E-state index contributed by atoms with van der Waals surface area (Å²) in [6.45, 7) is 4.46. The Kier molecular flexibility index (Phi) is 9.18. The number of aromatic hydroxyl groups is 1. The number of aromatic nitrogens is 2. The number of benzene rings is 2. The first-order valence-corrected chi connectivity index (χ1v) is 13.6. The molecule has 1 aromatic heterocycles.